The lowest BCUT2D eigenvalue weighted by molar-refractivity contribution is 1.17. The summed E-state index contributed by atoms with van der Waals surface area (Å²) in [4.78, 5) is 0. The van der Waals surface area contributed by atoms with Crippen LogP contribution in [0.1, 0.15) is 26.0 Å². The molecule has 0 aliphatic rings. The van der Waals surface area contributed by atoms with Crippen molar-refractivity contribution < 1.29 is 26.0 Å². The number of nitrogens with zero attached hydrogens (tertiary/aromatic N) is 2. The van der Waals surface area contributed by atoms with Crippen molar-refractivity contribution in [1.82, 2.24) is 9.13 Å². The van der Waals surface area contributed by atoms with Gasteiger partial charge in [0.2, 0.25) is 0 Å². The van der Waals surface area contributed by atoms with Crippen molar-refractivity contribution in [2.24, 2.45) is 0 Å². The summed E-state index contributed by atoms with van der Waals surface area (Å²) in [5.41, 5.74) is 2.90. The Morgan fingerprint density at radius 3 is 1.27 bits per heavy atom. The Morgan fingerprint density at radius 2 is 0.765 bits per heavy atom. The van der Waals surface area contributed by atoms with E-state index in [4.69, 9.17) is 12.3 Å². The molecule has 10 aromatic rings. The van der Waals surface area contributed by atoms with Crippen LogP contribution in [0.5, 0.6) is 0 Å². The van der Waals surface area contributed by atoms with Gasteiger partial charge in [0.25, 0.3) is 0 Å². The van der Waals surface area contributed by atoms with Gasteiger partial charge in [0.1, 0.15) is 0 Å². The smallest absolute Gasteiger partial charge is 0.179 e. The highest BCUT2D eigenvalue weighted by molar-refractivity contribution is 7.19. The first-order valence-corrected chi connectivity index (χ1v) is 18.1. The van der Waals surface area contributed by atoms with E-state index in [0.717, 1.165) is 27.5 Å². The van der Waals surface area contributed by atoms with Crippen LogP contribution in [-0.4, -0.2) is 17.2 Å². The lowest BCUT2D eigenvalue weighted by Gasteiger charge is -2.34. The molecule has 0 spiro atoms. The summed E-state index contributed by atoms with van der Waals surface area (Å²) in [5, 5.41) is -0.318. The molecule has 0 radical (unpaired) electrons. The number of aromatic nitrogens is 2. The molecule has 0 saturated carbocycles. The largest absolute Gasteiger partial charge is 0.309 e. The van der Waals surface area contributed by atoms with E-state index in [0.29, 0.717) is 21.8 Å². The predicted octanol–water partition coefficient (Wildman–Crippen LogP) is 9.26. The van der Waals surface area contributed by atoms with Crippen molar-refractivity contribution in [3.8, 4) is 11.4 Å². The molecule has 0 amide bonds. The molecule has 0 N–H and O–H groups in total. The summed E-state index contributed by atoms with van der Waals surface area (Å²) in [7, 11) is -6.03. The van der Waals surface area contributed by atoms with Gasteiger partial charge in [-0.25, -0.2) is 0 Å². The van der Waals surface area contributed by atoms with Gasteiger partial charge in [-0.15, -0.1) is 0 Å². The Kier molecular flexibility index (Phi) is 3.74. The normalized spacial score (nSPS) is 17.1. The standard InChI is InChI=1S/C48H34N2Si/c1-4-18-37(19-5-1)51(38-20-6-2-7-21-38,39-22-8-3-9-23-39)40-24-16-17-35(33-40)49-47-30-15-12-27-43(47)44-34-36(31-32-48(44)49)50-45-28-13-10-25-41(45)42-26-11-14-29-46(42)50/h1-34H/i1D,2D,3D,4D,5D,6D,7D,8D,9D,16D,17D,18D,19D,20D,21D,22D,23D,24D,33D. The first-order valence-electron chi connectivity index (χ1n) is 25.6. The number of fused-ring (bicyclic) bond motifs is 6. The van der Waals surface area contributed by atoms with Gasteiger partial charge >= 0.3 is 0 Å². The minimum atomic E-state index is -6.03. The summed E-state index contributed by atoms with van der Waals surface area (Å²) < 4.78 is 179. The SMILES string of the molecule is [2H]c1c([2H])c([2H])c([Si](c2c([2H])c([2H])c([2H])c([2H])c2[2H])(c2c([2H])c([2H])c([2H])c([2H])c2[2H])c2c([2H])c([2H])c([2H])c(-n3c4ccccc4c4cc(-n5c6ccccc6c6ccccc65)ccc43)c2[2H])c([2H])c1[2H]. The Labute approximate surface area is 324 Å². The molecule has 0 atom stereocenters. The van der Waals surface area contributed by atoms with Crippen LogP contribution < -0.4 is 20.7 Å². The van der Waals surface area contributed by atoms with Crippen LogP contribution >= 0.6 is 0 Å². The Balaban J connectivity index is 1.45. The zero-order valence-corrected chi connectivity index (χ0v) is 27.6. The lowest BCUT2D eigenvalue weighted by atomic mass is 10.1. The number of hydrogen-bond acceptors (Lipinski definition) is 0. The molecule has 2 aromatic heterocycles. The second-order valence-corrected chi connectivity index (χ2v) is 15.4. The Morgan fingerprint density at radius 1 is 0.353 bits per heavy atom. The van der Waals surface area contributed by atoms with Crippen molar-refractivity contribution in [3.63, 3.8) is 0 Å². The molecule has 240 valence electrons. The fourth-order valence-electron chi connectivity index (χ4n) is 7.24. The van der Waals surface area contributed by atoms with Crippen molar-refractivity contribution in [2.45, 2.75) is 0 Å². The molecule has 8 aromatic carbocycles. The van der Waals surface area contributed by atoms with Crippen LogP contribution in [0.15, 0.2) is 206 Å². The van der Waals surface area contributed by atoms with Crippen LogP contribution in [-0.2, 0) is 0 Å². The van der Waals surface area contributed by atoms with E-state index >= 15 is 0 Å². The monoisotopic (exact) mass is 685 g/mol. The topological polar surface area (TPSA) is 9.86 Å². The van der Waals surface area contributed by atoms with Gasteiger partial charge in [0, 0.05) is 32.9 Å². The Hall–Kier alpha value is -6.42. The minimum absolute atomic E-state index is 0.372. The van der Waals surface area contributed by atoms with Gasteiger partial charge in [-0.3, -0.25) is 0 Å². The number of rotatable bonds is 6. The molecular formula is C48H34N2Si. The van der Waals surface area contributed by atoms with Gasteiger partial charge in [-0.1, -0.05) is 157 Å². The van der Waals surface area contributed by atoms with Crippen LogP contribution in [0.25, 0.3) is 55.0 Å². The maximum atomic E-state index is 10.4. The van der Waals surface area contributed by atoms with E-state index in [2.05, 4.69) is 4.57 Å². The molecule has 0 aliphatic carbocycles. The fraction of sp³-hybridized carbons (Fsp3) is 0. The molecule has 0 unspecified atom stereocenters. The maximum absolute atomic E-state index is 10.4. The lowest BCUT2D eigenvalue weighted by Crippen LogP contribution is -2.74. The van der Waals surface area contributed by atoms with E-state index in [9.17, 15) is 13.7 Å². The first kappa shape index (κ1) is 16.1. The molecule has 0 aliphatic heterocycles. The summed E-state index contributed by atoms with van der Waals surface area (Å²) in [6, 6.07) is 9.40. The van der Waals surface area contributed by atoms with Crippen molar-refractivity contribution in [2.75, 3.05) is 0 Å². The van der Waals surface area contributed by atoms with Crippen LogP contribution in [0, 0.1) is 0 Å². The van der Waals surface area contributed by atoms with Crippen molar-refractivity contribution in [3.05, 3.63) is 206 Å². The number of para-hydroxylation sites is 3. The molecule has 3 heteroatoms. The average molecular weight is 686 g/mol. The molecule has 51 heavy (non-hydrogen) atoms. The number of hydrogen-bond donors (Lipinski definition) is 0. The van der Waals surface area contributed by atoms with Crippen LogP contribution in [0.4, 0.5) is 0 Å². The predicted molar refractivity (Wildman–Crippen MR) is 219 cm³/mol. The van der Waals surface area contributed by atoms with E-state index in [1.807, 2.05) is 66.7 Å². The van der Waals surface area contributed by atoms with E-state index in [1.54, 1.807) is 24.3 Å². The summed E-state index contributed by atoms with van der Waals surface area (Å²) in [6.45, 7) is 0. The molecule has 10 rings (SSSR count). The number of benzene rings is 8. The molecule has 0 saturated heterocycles. The highest BCUT2D eigenvalue weighted by Crippen LogP contribution is 2.36. The van der Waals surface area contributed by atoms with E-state index < -0.39 is 149 Å². The molecule has 0 bridgehead atoms. The first-order chi connectivity index (χ1) is 33.2. The average Bonchev–Trinajstić information content (AvgIpc) is 3.87. The second-order valence-electron chi connectivity index (χ2n) is 11.9. The molecule has 0 fully saturated rings. The van der Waals surface area contributed by atoms with Crippen LogP contribution in [0.2, 0.25) is 0 Å². The summed E-state index contributed by atoms with van der Waals surface area (Å²) in [6.07, 6.45) is 0. The van der Waals surface area contributed by atoms with Gasteiger partial charge in [-0.05, 0) is 69.2 Å². The third-order valence-electron chi connectivity index (χ3n) is 9.33. The zero-order valence-electron chi connectivity index (χ0n) is 45.6. The quantitative estimate of drug-likeness (QED) is 0.122. The third-order valence-corrected chi connectivity index (χ3v) is 13.3. The maximum Gasteiger partial charge on any atom is 0.179 e. The highest BCUT2D eigenvalue weighted by atomic mass is 28.3. The molecule has 2 nitrogen and oxygen atoms in total. The van der Waals surface area contributed by atoms with Gasteiger partial charge in [0.05, 0.1) is 48.1 Å². The highest BCUT2D eigenvalue weighted by Gasteiger charge is 2.41. The summed E-state index contributed by atoms with van der Waals surface area (Å²) >= 11 is 0. The van der Waals surface area contributed by atoms with Crippen LogP contribution in [0.3, 0.4) is 0 Å². The molecule has 2 heterocycles. The van der Waals surface area contributed by atoms with Crippen molar-refractivity contribution in [1.29, 1.82) is 0 Å². The van der Waals surface area contributed by atoms with Gasteiger partial charge in [-0.2, -0.15) is 0 Å². The van der Waals surface area contributed by atoms with E-state index in [1.165, 1.54) is 4.57 Å². The minimum Gasteiger partial charge on any atom is -0.309 e. The summed E-state index contributed by atoms with van der Waals surface area (Å²) in [5.74, 6) is 0. The van der Waals surface area contributed by atoms with Gasteiger partial charge < -0.3 is 9.13 Å². The zero-order chi connectivity index (χ0) is 50.3. The second kappa shape index (κ2) is 11.9. The molecular weight excluding hydrogens is 633 g/mol. The fourth-order valence-corrected chi connectivity index (χ4v) is 10.8. The Bertz CT molecular complexity index is 3670. The van der Waals surface area contributed by atoms with Gasteiger partial charge in [0.15, 0.2) is 8.07 Å². The van der Waals surface area contributed by atoms with Crippen molar-refractivity contribution >= 4 is 72.4 Å². The van der Waals surface area contributed by atoms with E-state index in [-0.39, 0.29) is 0 Å². The third kappa shape index (κ3) is 4.49.